The predicted octanol–water partition coefficient (Wildman–Crippen LogP) is 0.180. The molecule has 2 atom stereocenters. The highest BCUT2D eigenvalue weighted by atomic mass is 16.5. The van der Waals surface area contributed by atoms with E-state index < -0.39 is 5.97 Å². The van der Waals surface area contributed by atoms with Crippen LogP contribution in [0, 0.1) is 5.92 Å². The minimum atomic E-state index is -0.727. The Labute approximate surface area is 77.5 Å². The maximum absolute atomic E-state index is 10.9. The molecule has 2 aliphatic rings. The fourth-order valence-corrected chi connectivity index (χ4v) is 1.93. The number of aliphatic carboxylic acids is 1. The molecule has 1 aliphatic carbocycles. The lowest BCUT2D eigenvalue weighted by atomic mass is 10.0. The van der Waals surface area contributed by atoms with Crippen LogP contribution in [0.2, 0.25) is 0 Å². The molecule has 0 amide bonds. The molecule has 2 rings (SSSR count). The Morgan fingerprint density at radius 1 is 1.46 bits per heavy atom. The maximum atomic E-state index is 10.9. The van der Waals surface area contributed by atoms with Gasteiger partial charge in [-0.3, -0.25) is 9.69 Å². The number of carboxylic acids is 1. The van der Waals surface area contributed by atoms with Crippen molar-refractivity contribution in [3.05, 3.63) is 0 Å². The molecule has 0 radical (unpaired) electrons. The first-order valence-electron chi connectivity index (χ1n) is 4.72. The Bertz CT molecular complexity index is 215. The lowest BCUT2D eigenvalue weighted by Gasteiger charge is -2.25. The van der Waals surface area contributed by atoms with Crippen molar-refractivity contribution in [2.45, 2.75) is 24.9 Å². The van der Waals surface area contributed by atoms with Gasteiger partial charge in [-0.25, -0.2) is 0 Å². The molecule has 74 valence electrons. The molecule has 13 heavy (non-hydrogen) atoms. The minimum absolute atomic E-state index is 0.0880. The molecule has 1 heterocycles. The van der Waals surface area contributed by atoms with E-state index in [0.29, 0.717) is 19.3 Å². The topological polar surface area (TPSA) is 49.8 Å². The Morgan fingerprint density at radius 2 is 2.15 bits per heavy atom. The summed E-state index contributed by atoms with van der Waals surface area (Å²) in [5, 5.41) is 8.93. The lowest BCUT2D eigenvalue weighted by Crippen LogP contribution is -2.41. The van der Waals surface area contributed by atoms with Crippen molar-refractivity contribution in [1.29, 1.82) is 0 Å². The number of hydrogen-bond donors (Lipinski definition) is 1. The summed E-state index contributed by atoms with van der Waals surface area (Å²) in [6.07, 6.45) is 2.42. The summed E-state index contributed by atoms with van der Waals surface area (Å²) in [5.74, 6) is -1.05. The van der Waals surface area contributed by atoms with Crippen LogP contribution in [0.1, 0.15) is 12.8 Å². The van der Waals surface area contributed by atoms with Crippen LogP contribution in [-0.4, -0.2) is 48.3 Å². The van der Waals surface area contributed by atoms with Crippen LogP contribution in [0.4, 0.5) is 0 Å². The van der Waals surface area contributed by atoms with Gasteiger partial charge in [0.1, 0.15) is 0 Å². The second kappa shape index (κ2) is 3.27. The molecule has 0 spiro atoms. The summed E-state index contributed by atoms with van der Waals surface area (Å²) >= 11 is 0. The smallest absolute Gasteiger partial charge is 0.310 e. The summed E-state index contributed by atoms with van der Waals surface area (Å²) in [5.41, 5.74) is 0. The zero-order valence-electron chi connectivity index (χ0n) is 7.77. The number of rotatable bonds is 3. The first-order chi connectivity index (χ1) is 6.20. The average molecular weight is 185 g/mol. The van der Waals surface area contributed by atoms with E-state index in [1.54, 1.807) is 0 Å². The largest absolute Gasteiger partial charge is 0.481 e. The zero-order chi connectivity index (χ0) is 9.42. The van der Waals surface area contributed by atoms with Crippen LogP contribution >= 0.6 is 0 Å². The monoisotopic (exact) mass is 185 g/mol. The third-order valence-electron chi connectivity index (χ3n) is 3.01. The molecule has 0 aromatic carbocycles. The molecule has 0 aromatic heterocycles. The van der Waals surface area contributed by atoms with Crippen LogP contribution in [0.15, 0.2) is 0 Å². The first-order valence-corrected chi connectivity index (χ1v) is 4.72. The summed E-state index contributed by atoms with van der Waals surface area (Å²) in [4.78, 5) is 13.0. The summed E-state index contributed by atoms with van der Waals surface area (Å²) in [7, 11) is 2.01. The van der Waals surface area contributed by atoms with E-state index in [-0.39, 0.29) is 12.0 Å². The predicted molar refractivity (Wildman–Crippen MR) is 46.5 cm³/mol. The van der Waals surface area contributed by atoms with Crippen LogP contribution in [0.3, 0.4) is 0 Å². The molecule has 0 bridgehead atoms. The average Bonchev–Trinajstić information content (AvgIpc) is 2.80. The quantitative estimate of drug-likeness (QED) is 0.681. The standard InChI is InChI=1S/C9H15NO3/c1-10(6-2-3-6)8-5-13-4-7(8)9(11)12/h6-8H,2-5H2,1H3,(H,11,12). The van der Waals surface area contributed by atoms with Crippen molar-refractivity contribution in [3.63, 3.8) is 0 Å². The van der Waals surface area contributed by atoms with Crippen molar-refractivity contribution in [1.82, 2.24) is 4.90 Å². The normalized spacial score (nSPS) is 34.0. The zero-order valence-corrected chi connectivity index (χ0v) is 7.77. The third-order valence-corrected chi connectivity index (χ3v) is 3.01. The van der Waals surface area contributed by atoms with Gasteiger partial charge in [-0.05, 0) is 19.9 Å². The van der Waals surface area contributed by atoms with E-state index >= 15 is 0 Å². The highest BCUT2D eigenvalue weighted by Crippen LogP contribution is 2.31. The summed E-state index contributed by atoms with van der Waals surface area (Å²) in [6.45, 7) is 0.945. The summed E-state index contributed by atoms with van der Waals surface area (Å²) in [6, 6.07) is 0.693. The number of likely N-dealkylation sites (N-methyl/N-ethyl adjacent to an activating group) is 1. The fourth-order valence-electron chi connectivity index (χ4n) is 1.93. The van der Waals surface area contributed by atoms with Gasteiger partial charge in [0.25, 0.3) is 0 Å². The maximum Gasteiger partial charge on any atom is 0.310 e. The van der Waals surface area contributed by atoms with Gasteiger partial charge in [-0.2, -0.15) is 0 Å². The van der Waals surface area contributed by atoms with E-state index in [2.05, 4.69) is 4.90 Å². The van der Waals surface area contributed by atoms with Gasteiger partial charge >= 0.3 is 5.97 Å². The second-order valence-corrected chi connectivity index (χ2v) is 3.95. The second-order valence-electron chi connectivity index (χ2n) is 3.95. The van der Waals surface area contributed by atoms with Gasteiger partial charge in [0.15, 0.2) is 0 Å². The molecule has 1 saturated carbocycles. The lowest BCUT2D eigenvalue weighted by molar-refractivity contribution is -0.143. The SMILES string of the molecule is CN(C1CC1)C1COCC1C(=O)O. The van der Waals surface area contributed by atoms with Gasteiger partial charge in [-0.1, -0.05) is 0 Å². The van der Waals surface area contributed by atoms with Crippen molar-refractivity contribution >= 4 is 5.97 Å². The van der Waals surface area contributed by atoms with Gasteiger partial charge in [0.2, 0.25) is 0 Å². The first kappa shape index (κ1) is 8.97. The van der Waals surface area contributed by atoms with E-state index in [0.717, 1.165) is 0 Å². The number of ether oxygens (including phenoxy) is 1. The van der Waals surface area contributed by atoms with E-state index in [4.69, 9.17) is 9.84 Å². The Balaban J connectivity index is 1.99. The van der Waals surface area contributed by atoms with Crippen molar-refractivity contribution in [3.8, 4) is 0 Å². The highest BCUT2D eigenvalue weighted by Gasteiger charge is 2.41. The van der Waals surface area contributed by atoms with Crippen molar-refractivity contribution in [2.75, 3.05) is 20.3 Å². The molecule has 1 N–H and O–H groups in total. The van der Waals surface area contributed by atoms with E-state index in [1.165, 1.54) is 12.8 Å². The molecule has 4 nitrogen and oxygen atoms in total. The summed E-state index contributed by atoms with van der Waals surface area (Å²) < 4.78 is 5.21. The van der Waals surface area contributed by atoms with E-state index in [9.17, 15) is 4.79 Å². The van der Waals surface area contributed by atoms with Gasteiger partial charge in [0, 0.05) is 12.1 Å². The molecular formula is C9H15NO3. The van der Waals surface area contributed by atoms with Crippen LogP contribution in [0.5, 0.6) is 0 Å². The number of nitrogens with zero attached hydrogens (tertiary/aromatic N) is 1. The Hall–Kier alpha value is -0.610. The molecular weight excluding hydrogens is 170 g/mol. The Kier molecular flexibility index (Phi) is 2.26. The molecule has 4 heteroatoms. The molecule has 1 saturated heterocycles. The Morgan fingerprint density at radius 3 is 2.69 bits per heavy atom. The molecule has 2 unspecified atom stereocenters. The highest BCUT2D eigenvalue weighted by molar-refractivity contribution is 5.71. The number of hydrogen-bond acceptors (Lipinski definition) is 3. The number of carbonyl (C=O) groups is 1. The molecule has 2 fully saturated rings. The fraction of sp³-hybridized carbons (Fsp3) is 0.889. The van der Waals surface area contributed by atoms with Crippen LogP contribution in [0.25, 0.3) is 0 Å². The van der Waals surface area contributed by atoms with Gasteiger partial charge in [-0.15, -0.1) is 0 Å². The minimum Gasteiger partial charge on any atom is -0.481 e. The van der Waals surface area contributed by atoms with Gasteiger partial charge in [0.05, 0.1) is 19.1 Å². The molecule has 0 aromatic rings. The molecule has 1 aliphatic heterocycles. The van der Waals surface area contributed by atoms with Crippen LogP contribution < -0.4 is 0 Å². The third kappa shape index (κ3) is 1.69. The van der Waals surface area contributed by atoms with Gasteiger partial charge < -0.3 is 9.84 Å². The number of carboxylic acid groups (broad SMARTS) is 1. The van der Waals surface area contributed by atoms with Crippen molar-refractivity contribution in [2.24, 2.45) is 5.92 Å². The van der Waals surface area contributed by atoms with Crippen LogP contribution in [-0.2, 0) is 9.53 Å². The van der Waals surface area contributed by atoms with E-state index in [1.807, 2.05) is 7.05 Å². The van der Waals surface area contributed by atoms with Crippen molar-refractivity contribution < 1.29 is 14.6 Å².